The van der Waals surface area contributed by atoms with Crippen LogP contribution in [-0.2, 0) is 10.0 Å². The molecule has 0 aromatic carbocycles. The van der Waals surface area contributed by atoms with Gasteiger partial charge in [-0.2, -0.15) is 4.31 Å². The van der Waals surface area contributed by atoms with E-state index in [-0.39, 0.29) is 27.6 Å². The highest BCUT2D eigenvalue weighted by atomic mass is 35.5. The van der Waals surface area contributed by atoms with Crippen molar-refractivity contribution in [3.63, 3.8) is 0 Å². The van der Waals surface area contributed by atoms with Gasteiger partial charge < -0.3 is 5.11 Å². The lowest BCUT2D eigenvalue weighted by molar-refractivity contribution is 0.203. The molecule has 0 aliphatic carbocycles. The summed E-state index contributed by atoms with van der Waals surface area (Å²) in [6.45, 7) is 0.973. The van der Waals surface area contributed by atoms with Gasteiger partial charge in [-0.15, -0.1) is 0 Å². The van der Waals surface area contributed by atoms with Gasteiger partial charge in [-0.1, -0.05) is 23.2 Å². The van der Waals surface area contributed by atoms with Crippen molar-refractivity contribution in [3.05, 3.63) is 22.4 Å². The van der Waals surface area contributed by atoms with Crippen molar-refractivity contribution in [1.82, 2.24) is 9.29 Å². The molecule has 112 valence electrons. The van der Waals surface area contributed by atoms with Gasteiger partial charge >= 0.3 is 0 Å². The molecule has 0 radical (unpaired) electrons. The zero-order chi connectivity index (χ0) is 14.8. The maximum atomic E-state index is 12.5. The van der Waals surface area contributed by atoms with Crippen LogP contribution in [0.25, 0.3) is 0 Å². The van der Waals surface area contributed by atoms with Crippen LogP contribution in [0.1, 0.15) is 19.3 Å². The van der Waals surface area contributed by atoms with Crippen LogP contribution in [0.3, 0.4) is 0 Å². The van der Waals surface area contributed by atoms with Gasteiger partial charge in [-0.05, 0) is 31.2 Å². The second-order valence-corrected chi connectivity index (χ2v) is 7.53. The molecule has 2 heterocycles. The van der Waals surface area contributed by atoms with Crippen LogP contribution in [0, 0.1) is 5.92 Å². The van der Waals surface area contributed by atoms with E-state index in [1.807, 2.05) is 0 Å². The fourth-order valence-corrected chi connectivity index (χ4v) is 4.22. The van der Waals surface area contributed by atoms with E-state index in [2.05, 4.69) is 4.98 Å². The quantitative estimate of drug-likeness (QED) is 0.854. The number of rotatable bonds is 4. The summed E-state index contributed by atoms with van der Waals surface area (Å²) in [7, 11) is -3.61. The van der Waals surface area contributed by atoms with Gasteiger partial charge in [0.25, 0.3) is 0 Å². The molecule has 1 N–H and O–H groups in total. The Balaban J connectivity index is 2.23. The van der Waals surface area contributed by atoms with E-state index in [4.69, 9.17) is 28.3 Å². The number of aliphatic hydroxyl groups is 1. The third-order valence-electron chi connectivity index (χ3n) is 3.43. The number of hydrogen-bond donors (Lipinski definition) is 1. The van der Waals surface area contributed by atoms with Gasteiger partial charge in [0.05, 0.1) is 5.02 Å². The first-order valence-corrected chi connectivity index (χ1v) is 8.57. The standard InChI is InChI=1S/C12H16Cl2N2O3S/c13-11-6-10(7-15-12(11)14)20(18,19)16-4-1-2-9(8-16)3-5-17/h6-7,9,17H,1-5,8H2. The average Bonchev–Trinajstić information content (AvgIpc) is 2.42. The minimum absolute atomic E-state index is 0.0524. The molecule has 2 rings (SSSR count). The molecule has 0 saturated carbocycles. The third kappa shape index (κ3) is 3.43. The normalized spacial score (nSPS) is 21.1. The smallest absolute Gasteiger partial charge is 0.244 e. The van der Waals surface area contributed by atoms with Crippen molar-refractivity contribution < 1.29 is 13.5 Å². The first kappa shape index (κ1) is 16.0. The lowest BCUT2D eigenvalue weighted by Gasteiger charge is -2.31. The van der Waals surface area contributed by atoms with E-state index in [1.165, 1.54) is 16.6 Å². The van der Waals surface area contributed by atoms with E-state index in [1.54, 1.807) is 0 Å². The van der Waals surface area contributed by atoms with Gasteiger partial charge in [-0.25, -0.2) is 13.4 Å². The highest BCUT2D eigenvalue weighted by Crippen LogP contribution is 2.28. The predicted octanol–water partition coefficient (Wildman–Crippen LogP) is 2.17. The zero-order valence-corrected chi connectivity index (χ0v) is 13.1. The fourth-order valence-electron chi connectivity index (χ4n) is 2.36. The molecule has 1 aliphatic heterocycles. The monoisotopic (exact) mass is 338 g/mol. The van der Waals surface area contributed by atoms with E-state index >= 15 is 0 Å². The van der Waals surface area contributed by atoms with Gasteiger partial charge in [0.2, 0.25) is 10.0 Å². The van der Waals surface area contributed by atoms with Gasteiger partial charge in [0, 0.05) is 25.9 Å². The maximum absolute atomic E-state index is 12.5. The molecule has 1 saturated heterocycles. The second kappa shape index (κ2) is 6.58. The molecule has 8 heteroatoms. The van der Waals surface area contributed by atoms with E-state index in [0.717, 1.165) is 12.8 Å². The highest BCUT2D eigenvalue weighted by molar-refractivity contribution is 7.89. The van der Waals surface area contributed by atoms with E-state index in [0.29, 0.717) is 19.5 Å². The Morgan fingerprint density at radius 3 is 2.85 bits per heavy atom. The van der Waals surface area contributed by atoms with Crippen LogP contribution in [-0.4, -0.2) is 42.5 Å². The maximum Gasteiger partial charge on any atom is 0.244 e. The Labute approximate surface area is 128 Å². The Morgan fingerprint density at radius 1 is 1.45 bits per heavy atom. The van der Waals surface area contributed by atoms with E-state index < -0.39 is 10.0 Å². The van der Waals surface area contributed by atoms with Gasteiger partial charge in [0.15, 0.2) is 0 Å². The molecule has 0 amide bonds. The van der Waals surface area contributed by atoms with Crippen molar-refractivity contribution in [1.29, 1.82) is 0 Å². The van der Waals surface area contributed by atoms with Crippen molar-refractivity contribution in [2.75, 3.05) is 19.7 Å². The lowest BCUT2D eigenvalue weighted by Crippen LogP contribution is -2.40. The first-order valence-electron chi connectivity index (χ1n) is 6.37. The van der Waals surface area contributed by atoms with Crippen molar-refractivity contribution in [3.8, 4) is 0 Å². The molecule has 1 aromatic heterocycles. The molecule has 1 aromatic rings. The Morgan fingerprint density at radius 2 is 2.20 bits per heavy atom. The van der Waals surface area contributed by atoms with Crippen LogP contribution >= 0.6 is 23.2 Å². The Bertz CT molecular complexity index is 578. The molecule has 1 atom stereocenters. The van der Waals surface area contributed by atoms with Crippen molar-refractivity contribution >= 4 is 33.2 Å². The summed E-state index contributed by atoms with van der Waals surface area (Å²) in [5.41, 5.74) is 0. The number of hydrogen-bond acceptors (Lipinski definition) is 4. The number of aliphatic hydroxyl groups excluding tert-OH is 1. The van der Waals surface area contributed by atoms with Crippen molar-refractivity contribution in [2.45, 2.75) is 24.2 Å². The fraction of sp³-hybridized carbons (Fsp3) is 0.583. The number of aromatic nitrogens is 1. The molecular weight excluding hydrogens is 323 g/mol. The number of nitrogens with zero attached hydrogens (tertiary/aromatic N) is 2. The lowest BCUT2D eigenvalue weighted by atomic mass is 9.97. The van der Waals surface area contributed by atoms with Gasteiger partial charge in [-0.3, -0.25) is 0 Å². The summed E-state index contributed by atoms with van der Waals surface area (Å²) in [5.74, 6) is 0.194. The molecule has 1 fully saturated rings. The minimum atomic E-state index is -3.61. The van der Waals surface area contributed by atoms with E-state index in [9.17, 15) is 8.42 Å². The summed E-state index contributed by atoms with van der Waals surface area (Å²) in [6, 6.07) is 1.32. The summed E-state index contributed by atoms with van der Waals surface area (Å²) in [4.78, 5) is 3.84. The summed E-state index contributed by atoms with van der Waals surface area (Å²) in [5, 5.41) is 9.19. The first-order chi connectivity index (χ1) is 9.45. The number of pyridine rings is 1. The zero-order valence-electron chi connectivity index (χ0n) is 10.8. The van der Waals surface area contributed by atoms with Crippen LogP contribution in [0.2, 0.25) is 10.2 Å². The Hall–Kier alpha value is -0.400. The molecule has 5 nitrogen and oxygen atoms in total. The van der Waals surface area contributed by atoms with Crippen LogP contribution in [0.15, 0.2) is 17.2 Å². The predicted molar refractivity (Wildman–Crippen MR) is 77.4 cm³/mol. The number of piperidine rings is 1. The summed E-state index contributed by atoms with van der Waals surface area (Å²) < 4.78 is 26.5. The molecule has 1 aliphatic rings. The highest BCUT2D eigenvalue weighted by Gasteiger charge is 2.30. The van der Waals surface area contributed by atoms with Crippen LogP contribution in [0.4, 0.5) is 0 Å². The van der Waals surface area contributed by atoms with Crippen LogP contribution < -0.4 is 0 Å². The third-order valence-corrected chi connectivity index (χ3v) is 5.94. The summed E-state index contributed by atoms with van der Waals surface area (Å²) >= 11 is 11.5. The van der Waals surface area contributed by atoms with Crippen molar-refractivity contribution in [2.24, 2.45) is 5.92 Å². The second-order valence-electron chi connectivity index (χ2n) is 4.83. The topological polar surface area (TPSA) is 70.5 Å². The molecule has 1 unspecified atom stereocenters. The van der Waals surface area contributed by atoms with Crippen LogP contribution in [0.5, 0.6) is 0 Å². The minimum Gasteiger partial charge on any atom is -0.396 e. The molecule has 0 bridgehead atoms. The Kier molecular flexibility index (Phi) is 5.25. The number of halogens is 2. The number of sulfonamides is 1. The summed E-state index contributed by atoms with van der Waals surface area (Å²) in [6.07, 6.45) is 3.57. The average molecular weight is 339 g/mol. The molecule has 0 spiro atoms. The SMILES string of the molecule is O=S(=O)(c1cnc(Cl)c(Cl)c1)N1CCCC(CCO)C1. The molecular formula is C12H16Cl2N2O3S. The van der Waals surface area contributed by atoms with Gasteiger partial charge in [0.1, 0.15) is 10.0 Å². The largest absolute Gasteiger partial charge is 0.396 e. The molecule has 20 heavy (non-hydrogen) atoms.